The van der Waals surface area contributed by atoms with Crippen molar-refractivity contribution in [3.8, 4) is 0 Å². The van der Waals surface area contributed by atoms with Gasteiger partial charge in [-0.2, -0.15) is 11.8 Å². The van der Waals surface area contributed by atoms with Gasteiger partial charge in [-0.25, -0.2) is 8.42 Å². The van der Waals surface area contributed by atoms with Crippen LogP contribution >= 0.6 is 11.8 Å². The topological polar surface area (TPSA) is 92.7 Å². The third-order valence-electron chi connectivity index (χ3n) is 3.43. The number of benzene rings is 1. The number of carbonyl (C=O) groups is 1. The first-order valence-corrected chi connectivity index (χ1v) is 10.1. The third-order valence-corrected chi connectivity index (χ3v) is 6.29. The molecule has 1 amide bonds. The maximum atomic E-state index is 12.2. The smallest absolute Gasteiger partial charge is 0.251 e. The van der Waals surface area contributed by atoms with Gasteiger partial charge in [-0.05, 0) is 37.4 Å². The molecule has 0 aliphatic carbocycles. The van der Waals surface area contributed by atoms with Gasteiger partial charge in [0, 0.05) is 24.0 Å². The molecule has 6 nitrogen and oxygen atoms in total. The number of hydrogen-bond donors (Lipinski definition) is 2. The number of methoxy groups -OCH3 is 1. The molecule has 0 fully saturated rings. The Labute approximate surface area is 141 Å². The monoisotopic (exact) mass is 361 g/mol. The molecule has 0 saturated carbocycles. The first kappa shape index (κ1) is 20.0. The van der Waals surface area contributed by atoms with Gasteiger partial charge in [-0.3, -0.25) is 4.79 Å². The van der Waals surface area contributed by atoms with Crippen molar-refractivity contribution in [1.29, 1.82) is 0 Å². The predicted octanol–water partition coefficient (Wildman–Crippen LogP) is 0.949. The Hall–Kier alpha value is -1.09. The fourth-order valence-corrected chi connectivity index (χ4v) is 3.74. The lowest BCUT2D eigenvalue weighted by Gasteiger charge is -2.21. The molecule has 1 aromatic rings. The van der Waals surface area contributed by atoms with Gasteiger partial charge in [0.2, 0.25) is 0 Å². The number of nitrogens with one attached hydrogen (secondary N) is 1. The van der Waals surface area contributed by atoms with Gasteiger partial charge in [-0.15, -0.1) is 0 Å². The lowest BCUT2D eigenvalue weighted by molar-refractivity contribution is 0.0936. The van der Waals surface area contributed by atoms with E-state index in [1.54, 1.807) is 0 Å². The van der Waals surface area contributed by atoms with Crippen molar-refractivity contribution in [2.24, 2.45) is 0 Å². The van der Waals surface area contributed by atoms with Crippen molar-refractivity contribution in [3.05, 3.63) is 29.8 Å². The summed E-state index contributed by atoms with van der Waals surface area (Å²) in [5.41, 5.74) is 0.375. The number of aliphatic hydroxyl groups is 1. The van der Waals surface area contributed by atoms with Crippen LogP contribution in [0.15, 0.2) is 29.2 Å². The highest BCUT2D eigenvalue weighted by molar-refractivity contribution is 7.99. The SMILES string of the molecule is COCCS(=O)(=O)c1ccc(C(=O)N[C@@H](C)[C@H](CO)SC)cc1. The minimum Gasteiger partial charge on any atom is -0.395 e. The zero-order valence-corrected chi connectivity index (χ0v) is 15.1. The Morgan fingerprint density at radius 2 is 1.96 bits per heavy atom. The van der Waals surface area contributed by atoms with E-state index in [0.29, 0.717) is 5.56 Å². The average Bonchev–Trinajstić information content (AvgIpc) is 2.54. The Balaban J connectivity index is 2.78. The summed E-state index contributed by atoms with van der Waals surface area (Å²) in [7, 11) is -1.96. The molecule has 1 rings (SSSR count). The normalized spacial score (nSPS) is 14.3. The molecule has 0 aliphatic heterocycles. The van der Waals surface area contributed by atoms with Crippen LogP contribution in [-0.4, -0.2) is 63.1 Å². The first-order chi connectivity index (χ1) is 10.9. The summed E-state index contributed by atoms with van der Waals surface area (Å²) in [6.07, 6.45) is 1.86. The fourth-order valence-electron chi connectivity index (χ4n) is 1.94. The molecule has 1 aromatic carbocycles. The molecule has 0 radical (unpaired) electrons. The minimum atomic E-state index is -3.40. The molecule has 0 saturated heterocycles. The number of aliphatic hydroxyl groups excluding tert-OH is 1. The van der Waals surface area contributed by atoms with E-state index in [0.717, 1.165) is 0 Å². The molecule has 8 heteroatoms. The van der Waals surface area contributed by atoms with E-state index in [4.69, 9.17) is 4.74 Å². The zero-order valence-electron chi connectivity index (χ0n) is 13.5. The van der Waals surface area contributed by atoms with E-state index in [9.17, 15) is 18.3 Å². The standard InChI is InChI=1S/C15H23NO5S2/c1-11(14(10-17)22-3)16-15(18)12-4-6-13(7-5-12)23(19,20)9-8-21-2/h4-7,11,14,17H,8-10H2,1-3H3,(H,16,18)/t11-,14-/m0/s1. The highest BCUT2D eigenvalue weighted by atomic mass is 32.2. The molecule has 0 bridgehead atoms. The highest BCUT2D eigenvalue weighted by Gasteiger charge is 2.19. The predicted molar refractivity (Wildman–Crippen MR) is 91.7 cm³/mol. The maximum Gasteiger partial charge on any atom is 0.251 e. The van der Waals surface area contributed by atoms with Crippen molar-refractivity contribution < 1.29 is 23.1 Å². The lowest BCUT2D eigenvalue weighted by atomic mass is 10.2. The Morgan fingerprint density at radius 1 is 1.35 bits per heavy atom. The highest BCUT2D eigenvalue weighted by Crippen LogP contribution is 2.14. The molecule has 130 valence electrons. The summed E-state index contributed by atoms with van der Waals surface area (Å²) >= 11 is 1.47. The maximum absolute atomic E-state index is 12.2. The van der Waals surface area contributed by atoms with Crippen molar-refractivity contribution in [2.75, 3.05) is 32.3 Å². The van der Waals surface area contributed by atoms with E-state index >= 15 is 0 Å². The molecule has 0 aliphatic rings. The number of rotatable bonds is 9. The second-order valence-corrected chi connectivity index (χ2v) is 8.24. The summed E-state index contributed by atoms with van der Waals surface area (Å²) < 4.78 is 28.8. The summed E-state index contributed by atoms with van der Waals surface area (Å²) in [6.45, 7) is 1.91. The Morgan fingerprint density at radius 3 is 2.43 bits per heavy atom. The van der Waals surface area contributed by atoms with Crippen molar-refractivity contribution >= 4 is 27.5 Å². The third kappa shape index (κ3) is 5.80. The summed E-state index contributed by atoms with van der Waals surface area (Å²) in [5, 5.41) is 11.9. The van der Waals surface area contributed by atoms with Gasteiger partial charge in [0.1, 0.15) is 0 Å². The number of thioether (sulfide) groups is 1. The van der Waals surface area contributed by atoms with E-state index in [2.05, 4.69) is 5.32 Å². The second kappa shape index (κ2) is 9.27. The van der Waals surface area contributed by atoms with Crippen LogP contribution in [0.2, 0.25) is 0 Å². The van der Waals surface area contributed by atoms with Crippen LogP contribution in [0.25, 0.3) is 0 Å². The summed E-state index contributed by atoms with van der Waals surface area (Å²) in [6, 6.07) is 5.60. The Bertz CT molecular complexity index is 597. The molecule has 2 atom stereocenters. The van der Waals surface area contributed by atoms with Crippen LogP contribution < -0.4 is 5.32 Å². The van der Waals surface area contributed by atoms with E-state index in [1.165, 1.54) is 43.1 Å². The number of amides is 1. The van der Waals surface area contributed by atoms with Gasteiger partial charge in [0.25, 0.3) is 5.91 Å². The van der Waals surface area contributed by atoms with Crippen LogP contribution in [0.4, 0.5) is 0 Å². The molecule has 0 spiro atoms. The zero-order chi connectivity index (χ0) is 17.5. The molecule has 0 unspecified atom stereocenters. The van der Waals surface area contributed by atoms with E-state index in [-0.39, 0.29) is 41.1 Å². The molecule has 2 N–H and O–H groups in total. The Kier molecular flexibility index (Phi) is 8.04. The van der Waals surface area contributed by atoms with E-state index in [1.807, 2.05) is 13.2 Å². The molecule has 0 aromatic heterocycles. The van der Waals surface area contributed by atoms with Gasteiger partial charge in [0.15, 0.2) is 9.84 Å². The number of ether oxygens (including phenoxy) is 1. The lowest BCUT2D eigenvalue weighted by Crippen LogP contribution is -2.41. The largest absolute Gasteiger partial charge is 0.395 e. The van der Waals surface area contributed by atoms with Crippen LogP contribution in [-0.2, 0) is 14.6 Å². The van der Waals surface area contributed by atoms with Gasteiger partial charge < -0.3 is 15.2 Å². The van der Waals surface area contributed by atoms with E-state index < -0.39 is 9.84 Å². The quantitative estimate of drug-likeness (QED) is 0.680. The van der Waals surface area contributed by atoms with Crippen molar-refractivity contribution in [1.82, 2.24) is 5.32 Å². The number of hydrogen-bond acceptors (Lipinski definition) is 6. The minimum absolute atomic E-state index is 0.0285. The van der Waals surface area contributed by atoms with Gasteiger partial charge in [-0.1, -0.05) is 0 Å². The van der Waals surface area contributed by atoms with Crippen molar-refractivity contribution in [3.63, 3.8) is 0 Å². The van der Waals surface area contributed by atoms with Gasteiger partial charge in [0.05, 0.1) is 23.9 Å². The molecule has 23 heavy (non-hydrogen) atoms. The summed E-state index contributed by atoms with van der Waals surface area (Å²) in [5.74, 6) is -0.399. The average molecular weight is 361 g/mol. The molecule has 0 heterocycles. The molecular formula is C15H23NO5S2. The number of carbonyl (C=O) groups excluding carboxylic acids is 1. The molecular weight excluding hydrogens is 338 g/mol. The van der Waals surface area contributed by atoms with Crippen LogP contribution in [0.5, 0.6) is 0 Å². The number of sulfone groups is 1. The second-order valence-electron chi connectivity index (χ2n) is 5.05. The fraction of sp³-hybridized carbons (Fsp3) is 0.533. The van der Waals surface area contributed by atoms with Crippen molar-refractivity contribution in [2.45, 2.75) is 23.1 Å². The summed E-state index contributed by atoms with van der Waals surface area (Å²) in [4.78, 5) is 12.3. The van der Waals surface area contributed by atoms with Crippen LogP contribution in [0.1, 0.15) is 17.3 Å². The van der Waals surface area contributed by atoms with Gasteiger partial charge >= 0.3 is 0 Å². The first-order valence-electron chi connectivity index (χ1n) is 7.12. The van der Waals surface area contributed by atoms with Crippen LogP contribution in [0, 0.1) is 0 Å². The van der Waals surface area contributed by atoms with Crippen LogP contribution in [0.3, 0.4) is 0 Å².